The van der Waals surface area contributed by atoms with Gasteiger partial charge in [0.1, 0.15) is 0 Å². The molecule has 0 saturated heterocycles. The van der Waals surface area contributed by atoms with Crippen LogP contribution in [0.15, 0.2) is 48.5 Å². The third-order valence-electron chi connectivity index (χ3n) is 4.36. The molecule has 0 amide bonds. The van der Waals surface area contributed by atoms with E-state index in [4.69, 9.17) is 0 Å². The summed E-state index contributed by atoms with van der Waals surface area (Å²) in [6, 6.07) is 17.0. The van der Waals surface area contributed by atoms with Crippen LogP contribution in [0.5, 0.6) is 0 Å². The van der Waals surface area contributed by atoms with Crippen molar-refractivity contribution < 1.29 is 4.79 Å². The maximum absolute atomic E-state index is 12.1. The molecule has 0 unspecified atom stereocenters. The fraction of sp³-hybridized carbons (Fsp3) is 0.0556. The SMILES string of the molecule is O=C1Cc2cc3cccc4ccc5ccc1c2c5c43. The molecule has 5 rings (SSSR count). The van der Waals surface area contributed by atoms with Gasteiger partial charge in [-0.15, -0.1) is 0 Å². The van der Waals surface area contributed by atoms with E-state index in [9.17, 15) is 4.79 Å². The molecule has 0 radical (unpaired) electrons. The van der Waals surface area contributed by atoms with Gasteiger partial charge in [0.15, 0.2) is 5.78 Å². The molecule has 1 aliphatic rings. The first kappa shape index (κ1) is 9.51. The molecule has 0 spiro atoms. The predicted octanol–water partition coefficient (Wildman–Crippen LogP) is 4.32. The number of hydrogen-bond acceptors (Lipinski definition) is 1. The molecule has 0 saturated carbocycles. The lowest BCUT2D eigenvalue weighted by molar-refractivity contribution is 0.1000. The summed E-state index contributed by atoms with van der Waals surface area (Å²) in [4.78, 5) is 12.1. The zero-order valence-corrected chi connectivity index (χ0v) is 10.2. The number of carbonyl (C=O) groups is 1. The molecular formula is C18H10O. The summed E-state index contributed by atoms with van der Waals surface area (Å²) >= 11 is 0. The molecule has 4 aromatic carbocycles. The standard InChI is InChI=1S/C18H10O/c19-15-9-13-8-12-3-1-2-10-4-5-11-6-7-14(15)17(13)18(11)16(10)12/h1-8H,9H2. The average molecular weight is 242 g/mol. The second kappa shape index (κ2) is 2.94. The summed E-state index contributed by atoms with van der Waals surface area (Å²) in [5.74, 6) is 0.257. The van der Waals surface area contributed by atoms with E-state index in [-0.39, 0.29) is 5.78 Å². The Morgan fingerprint density at radius 2 is 1.47 bits per heavy atom. The molecule has 1 nitrogen and oxygen atoms in total. The maximum atomic E-state index is 12.1. The number of rotatable bonds is 0. The highest BCUT2D eigenvalue weighted by Crippen LogP contribution is 2.41. The van der Waals surface area contributed by atoms with E-state index in [0.717, 1.165) is 5.56 Å². The third kappa shape index (κ3) is 1.00. The second-order valence-corrected chi connectivity index (χ2v) is 5.37. The summed E-state index contributed by atoms with van der Waals surface area (Å²) < 4.78 is 0. The van der Waals surface area contributed by atoms with Crippen LogP contribution in [0.4, 0.5) is 0 Å². The average Bonchev–Trinajstić information content (AvgIpc) is 2.76. The molecule has 88 valence electrons. The van der Waals surface area contributed by atoms with Gasteiger partial charge in [0, 0.05) is 12.0 Å². The predicted molar refractivity (Wildman–Crippen MR) is 78.2 cm³/mol. The third-order valence-corrected chi connectivity index (χ3v) is 4.36. The Kier molecular flexibility index (Phi) is 1.47. The van der Waals surface area contributed by atoms with Crippen molar-refractivity contribution in [1.82, 2.24) is 0 Å². The van der Waals surface area contributed by atoms with Gasteiger partial charge in [0.25, 0.3) is 0 Å². The summed E-state index contributed by atoms with van der Waals surface area (Å²) in [5, 5.41) is 7.50. The molecule has 0 atom stereocenters. The molecule has 0 heterocycles. The monoisotopic (exact) mass is 242 g/mol. The van der Waals surface area contributed by atoms with Gasteiger partial charge in [-0.2, -0.15) is 0 Å². The van der Waals surface area contributed by atoms with E-state index < -0.39 is 0 Å². The van der Waals surface area contributed by atoms with Crippen LogP contribution in [0, 0.1) is 0 Å². The van der Waals surface area contributed by atoms with Crippen molar-refractivity contribution in [2.75, 3.05) is 0 Å². The maximum Gasteiger partial charge on any atom is 0.167 e. The minimum absolute atomic E-state index is 0.257. The lowest BCUT2D eigenvalue weighted by atomic mass is 9.92. The Bertz CT molecular complexity index is 995. The largest absolute Gasteiger partial charge is 0.294 e. The van der Waals surface area contributed by atoms with Gasteiger partial charge in [-0.3, -0.25) is 4.79 Å². The second-order valence-electron chi connectivity index (χ2n) is 5.37. The summed E-state index contributed by atoms with van der Waals surface area (Å²) in [7, 11) is 0. The number of Topliss-reactive ketones (excluding diaryl/α,β-unsaturated/α-hetero) is 1. The quantitative estimate of drug-likeness (QED) is 0.420. The normalized spacial score (nSPS) is 14.2. The molecule has 19 heavy (non-hydrogen) atoms. The molecule has 0 bridgehead atoms. The molecule has 0 N–H and O–H groups in total. The van der Waals surface area contributed by atoms with E-state index in [1.54, 1.807) is 0 Å². The van der Waals surface area contributed by atoms with E-state index in [1.807, 2.05) is 6.07 Å². The van der Waals surface area contributed by atoms with Gasteiger partial charge < -0.3 is 0 Å². The number of carbonyl (C=O) groups excluding carboxylic acids is 1. The minimum Gasteiger partial charge on any atom is -0.294 e. The smallest absolute Gasteiger partial charge is 0.167 e. The van der Waals surface area contributed by atoms with Crippen molar-refractivity contribution >= 4 is 38.1 Å². The fourth-order valence-corrected chi connectivity index (χ4v) is 3.58. The summed E-state index contributed by atoms with van der Waals surface area (Å²) in [5.41, 5.74) is 2.09. The van der Waals surface area contributed by atoms with Crippen LogP contribution in [0.1, 0.15) is 15.9 Å². The Morgan fingerprint density at radius 3 is 2.37 bits per heavy atom. The van der Waals surface area contributed by atoms with Gasteiger partial charge in [-0.05, 0) is 37.9 Å². The number of benzene rings is 4. The zero-order valence-electron chi connectivity index (χ0n) is 10.2. The van der Waals surface area contributed by atoms with Crippen LogP contribution in [0.2, 0.25) is 0 Å². The van der Waals surface area contributed by atoms with Crippen LogP contribution in [0.25, 0.3) is 32.3 Å². The van der Waals surface area contributed by atoms with E-state index in [1.165, 1.54) is 37.9 Å². The van der Waals surface area contributed by atoms with Crippen LogP contribution >= 0.6 is 0 Å². The molecule has 1 heteroatoms. The first-order valence-corrected chi connectivity index (χ1v) is 6.55. The van der Waals surface area contributed by atoms with Crippen molar-refractivity contribution in [1.29, 1.82) is 0 Å². The molecule has 0 fully saturated rings. The van der Waals surface area contributed by atoms with Crippen molar-refractivity contribution in [3.63, 3.8) is 0 Å². The first-order valence-electron chi connectivity index (χ1n) is 6.55. The molecule has 0 aromatic heterocycles. The van der Waals surface area contributed by atoms with Gasteiger partial charge in [-0.25, -0.2) is 0 Å². The highest BCUT2D eigenvalue weighted by atomic mass is 16.1. The van der Waals surface area contributed by atoms with Gasteiger partial charge in [-0.1, -0.05) is 48.5 Å². The summed E-state index contributed by atoms with van der Waals surface area (Å²) in [6.45, 7) is 0. The highest BCUT2D eigenvalue weighted by molar-refractivity contribution is 6.30. The van der Waals surface area contributed by atoms with Crippen molar-refractivity contribution in [3.05, 3.63) is 59.7 Å². The van der Waals surface area contributed by atoms with Gasteiger partial charge in [0.05, 0.1) is 0 Å². The Hall–Kier alpha value is -2.41. The molecular weight excluding hydrogens is 232 g/mol. The number of ketones is 1. The van der Waals surface area contributed by atoms with Crippen LogP contribution in [-0.2, 0) is 6.42 Å². The van der Waals surface area contributed by atoms with Gasteiger partial charge >= 0.3 is 0 Å². The molecule has 1 aliphatic carbocycles. The Labute approximate surface area is 109 Å². The minimum atomic E-state index is 0.257. The topological polar surface area (TPSA) is 17.1 Å². The summed E-state index contributed by atoms with van der Waals surface area (Å²) in [6.07, 6.45) is 0.555. The van der Waals surface area contributed by atoms with Crippen LogP contribution in [0.3, 0.4) is 0 Å². The highest BCUT2D eigenvalue weighted by Gasteiger charge is 2.24. The van der Waals surface area contributed by atoms with Crippen molar-refractivity contribution in [2.45, 2.75) is 6.42 Å². The molecule has 0 aliphatic heterocycles. The lowest BCUT2D eigenvalue weighted by Crippen LogP contribution is -1.93. The van der Waals surface area contributed by atoms with Gasteiger partial charge in [0.2, 0.25) is 0 Å². The Balaban J connectivity index is 2.25. The first-order chi connectivity index (χ1) is 9.33. The van der Waals surface area contributed by atoms with Crippen LogP contribution in [-0.4, -0.2) is 5.78 Å². The van der Waals surface area contributed by atoms with Crippen LogP contribution < -0.4 is 0 Å². The van der Waals surface area contributed by atoms with Crippen molar-refractivity contribution in [2.24, 2.45) is 0 Å². The van der Waals surface area contributed by atoms with Crippen molar-refractivity contribution in [3.8, 4) is 0 Å². The van der Waals surface area contributed by atoms with E-state index in [2.05, 4.69) is 42.5 Å². The fourth-order valence-electron chi connectivity index (χ4n) is 3.58. The molecule has 4 aromatic rings. The van der Waals surface area contributed by atoms with E-state index >= 15 is 0 Å². The zero-order chi connectivity index (χ0) is 12.6. The number of hydrogen-bond donors (Lipinski definition) is 0. The van der Waals surface area contributed by atoms with E-state index in [0.29, 0.717) is 6.42 Å². The Morgan fingerprint density at radius 1 is 0.737 bits per heavy atom. The lowest BCUT2D eigenvalue weighted by Gasteiger charge is -2.11.